The third-order valence-electron chi connectivity index (χ3n) is 8.09. The van der Waals surface area contributed by atoms with E-state index in [0.29, 0.717) is 24.4 Å². The van der Waals surface area contributed by atoms with Gasteiger partial charge in [0.1, 0.15) is 24.2 Å². The largest absolute Gasteiger partial charge is 0.463 e. The van der Waals surface area contributed by atoms with E-state index in [1.807, 2.05) is 50.2 Å². The van der Waals surface area contributed by atoms with Crippen LogP contribution < -0.4 is 0 Å². The van der Waals surface area contributed by atoms with Gasteiger partial charge in [0.05, 0.1) is 12.1 Å². The molecule has 2 heterocycles. The third kappa shape index (κ3) is 5.74. The number of aryl methyl sites for hydroxylation is 1. The molecule has 1 aliphatic carbocycles. The molecule has 0 saturated carbocycles. The van der Waals surface area contributed by atoms with Crippen molar-refractivity contribution in [3.05, 3.63) is 82.8 Å². The van der Waals surface area contributed by atoms with Gasteiger partial charge in [-0.2, -0.15) is 0 Å². The summed E-state index contributed by atoms with van der Waals surface area (Å²) < 4.78 is 23.1. The second-order valence-corrected chi connectivity index (χ2v) is 10.7. The minimum atomic E-state index is -1.08. The summed E-state index contributed by atoms with van der Waals surface area (Å²) in [6.07, 6.45) is -2.74. The van der Waals surface area contributed by atoms with Gasteiger partial charge in [0.25, 0.3) is 5.91 Å². The number of carbonyl (C=O) groups is 4. The summed E-state index contributed by atoms with van der Waals surface area (Å²) in [4.78, 5) is 54.2. The Kier molecular flexibility index (Phi) is 8.57. The van der Waals surface area contributed by atoms with E-state index in [1.165, 1.54) is 18.7 Å². The number of hydrogen-bond donors (Lipinski definition) is 0. The normalized spacial score (nSPS) is 19.0. The molecule has 0 radical (unpaired) electrons. The van der Waals surface area contributed by atoms with Crippen LogP contribution in [0.1, 0.15) is 72.7 Å². The molecule has 10 nitrogen and oxygen atoms in total. The summed E-state index contributed by atoms with van der Waals surface area (Å²) in [6, 6.07) is 16.6. The second kappa shape index (κ2) is 12.3. The van der Waals surface area contributed by atoms with Gasteiger partial charge in [0, 0.05) is 32.9 Å². The van der Waals surface area contributed by atoms with Crippen LogP contribution in [0.5, 0.6) is 0 Å². The first kappa shape index (κ1) is 29.9. The Hall–Kier alpha value is -4.60. The molecule has 2 aliphatic rings. The molecule has 1 saturated heterocycles. The van der Waals surface area contributed by atoms with E-state index in [1.54, 1.807) is 17.9 Å². The minimum absolute atomic E-state index is 0.0649. The van der Waals surface area contributed by atoms with Gasteiger partial charge < -0.3 is 23.5 Å². The van der Waals surface area contributed by atoms with Crippen molar-refractivity contribution in [3.63, 3.8) is 0 Å². The van der Waals surface area contributed by atoms with E-state index in [2.05, 4.69) is 12.1 Å². The Morgan fingerprint density at radius 2 is 1.49 bits per heavy atom. The van der Waals surface area contributed by atoms with E-state index >= 15 is 0 Å². The van der Waals surface area contributed by atoms with Crippen LogP contribution in [0.2, 0.25) is 0 Å². The van der Waals surface area contributed by atoms with Gasteiger partial charge in [-0.3, -0.25) is 19.3 Å². The Balaban J connectivity index is 1.47. The summed E-state index contributed by atoms with van der Waals surface area (Å²) in [5.41, 5.74) is 4.65. The smallest absolute Gasteiger partial charge is 0.410 e. The number of likely N-dealkylation sites (tertiary alicyclic amines) is 1. The number of carbonyl (C=O) groups excluding carboxylic acids is 4. The van der Waals surface area contributed by atoms with E-state index < -0.39 is 36.3 Å². The highest BCUT2D eigenvalue weighted by Gasteiger charge is 2.51. The lowest BCUT2D eigenvalue weighted by molar-refractivity contribution is -0.163. The predicted molar refractivity (Wildman–Crippen MR) is 156 cm³/mol. The maximum atomic E-state index is 13.8. The molecule has 1 aliphatic heterocycles. The molecule has 3 atom stereocenters. The van der Waals surface area contributed by atoms with Crippen LogP contribution in [-0.4, -0.2) is 72.2 Å². The number of nitrogens with zero attached hydrogens (tertiary/aromatic N) is 2. The molecular formula is C33H36N2O8. The van der Waals surface area contributed by atoms with Crippen molar-refractivity contribution < 1.29 is 37.8 Å². The Morgan fingerprint density at radius 3 is 2.05 bits per heavy atom. The first-order valence-corrected chi connectivity index (χ1v) is 14.5. The van der Waals surface area contributed by atoms with Gasteiger partial charge in [-0.05, 0) is 49.1 Å². The summed E-state index contributed by atoms with van der Waals surface area (Å²) in [7, 11) is 0. The number of fused-ring (bicyclic) bond motifs is 3. The fourth-order valence-corrected chi connectivity index (χ4v) is 6.17. The van der Waals surface area contributed by atoms with E-state index in [-0.39, 0.29) is 30.7 Å². The van der Waals surface area contributed by atoms with E-state index in [4.69, 9.17) is 18.6 Å². The molecule has 1 aromatic heterocycles. The Labute approximate surface area is 250 Å². The summed E-state index contributed by atoms with van der Waals surface area (Å²) in [5.74, 6) is -1.02. The lowest BCUT2D eigenvalue weighted by Gasteiger charge is -2.26. The quantitative estimate of drug-likeness (QED) is 0.259. The number of rotatable bonds is 8. The van der Waals surface area contributed by atoms with Crippen molar-refractivity contribution in [2.24, 2.45) is 0 Å². The zero-order valence-corrected chi connectivity index (χ0v) is 25.0. The first-order chi connectivity index (χ1) is 20.6. The SMILES string of the molecule is CCN(CC)C(=O)c1cc([C@@H]2[C@H](OC(C)=O)[C@H](OC(C)=O)CN2C(=O)OCC2c3ccccc3-c3ccccc32)oc1C. The van der Waals surface area contributed by atoms with Crippen LogP contribution in [-0.2, 0) is 23.8 Å². The summed E-state index contributed by atoms with van der Waals surface area (Å²) in [5, 5.41) is 0. The third-order valence-corrected chi connectivity index (χ3v) is 8.09. The van der Waals surface area contributed by atoms with Crippen molar-refractivity contribution in [1.29, 1.82) is 0 Å². The maximum absolute atomic E-state index is 13.8. The zero-order valence-electron chi connectivity index (χ0n) is 25.0. The van der Waals surface area contributed by atoms with Crippen molar-refractivity contribution in [2.75, 3.05) is 26.2 Å². The van der Waals surface area contributed by atoms with Crippen LogP contribution in [0, 0.1) is 6.92 Å². The molecule has 3 aromatic rings. The van der Waals surface area contributed by atoms with Crippen LogP contribution >= 0.6 is 0 Å². The van der Waals surface area contributed by atoms with Gasteiger partial charge >= 0.3 is 18.0 Å². The van der Waals surface area contributed by atoms with Gasteiger partial charge in [0.2, 0.25) is 0 Å². The minimum Gasteiger partial charge on any atom is -0.463 e. The number of benzene rings is 2. The number of ether oxygens (including phenoxy) is 3. The molecular weight excluding hydrogens is 552 g/mol. The Bertz CT molecular complexity index is 1500. The molecule has 5 rings (SSSR count). The van der Waals surface area contributed by atoms with Gasteiger partial charge in [-0.1, -0.05) is 48.5 Å². The molecule has 0 spiro atoms. The van der Waals surface area contributed by atoms with Crippen molar-refractivity contribution in [2.45, 2.75) is 58.8 Å². The molecule has 0 N–H and O–H groups in total. The van der Waals surface area contributed by atoms with Crippen LogP contribution in [0.4, 0.5) is 4.79 Å². The highest BCUT2D eigenvalue weighted by Crippen LogP contribution is 2.45. The fraction of sp³-hybridized carbons (Fsp3) is 0.394. The highest BCUT2D eigenvalue weighted by atomic mass is 16.6. The molecule has 0 bridgehead atoms. The van der Waals surface area contributed by atoms with Crippen LogP contribution in [0.25, 0.3) is 11.1 Å². The van der Waals surface area contributed by atoms with Crippen molar-refractivity contribution in [1.82, 2.24) is 9.80 Å². The van der Waals surface area contributed by atoms with Gasteiger partial charge in [0.15, 0.2) is 12.2 Å². The lowest BCUT2D eigenvalue weighted by atomic mass is 9.98. The molecule has 0 unspecified atom stereocenters. The number of amides is 2. The van der Waals surface area contributed by atoms with Crippen molar-refractivity contribution in [3.8, 4) is 11.1 Å². The standard InChI is InChI=1S/C33H36N2O8/c1-6-34(7-2)32(38)26-16-28(41-19(26)3)30-31(43-21(5)37)29(42-20(4)36)17-35(30)33(39)40-18-27-24-14-10-8-12-22(24)23-13-9-11-15-25(23)27/h8-16,27,29-31H,6-7,17-18H2,1-5H3/t29-,30-,31-/m1/s1. The van der Waals surface area contributed by atoms with Crippen LogP contribution in [0.3, 0.4) is 0 Å². The van der Waals surface area contributed by atoms with Crippen molar-refractivity contribution >= 4 is 23.9 Å². The first-order valence-electron chi connectivity index (χ1n) is 14.5. The van der Waals surface area contributed by atoms with Gasteiger partial charge in [-0.25, -0.2) is 4.79 Å². The summed E-state index contributed by atoms with van der Waals surface area (Å²) >= 11 is 0. The molecule has 1 fully saturated rings. The fourth-order valence-electron chi connectivity index (χ4n) is 6.17. The lowest BCUT2D eigenvalue weighted by Crippen LogP contribution is -2.36. The van der Waals surface area contributed by atoms with Gasteiger partial charge in [-0.15, -0.1) is 0 Å². The summed E-state index contributed by atoms with van der Waals surface area (Å²) in [6.45, 7) is 8.89. The topological polar surface area (TPSA) is 116 Å². The molecule has 226 valence electrons. The average Bonchev–Trinajstić information content (AvgIpc) is 3.63. The highest BCUT2D eigenvalue weighted by molar-refractivity contribution is 5.95. The Morgan fingerprint density at radius 1 is 0.907 bits per heavy atom. The molecule has 2 aromatic carbocycles. The average molecular weight is 589 g/mol. The number of hydrogen-bond acceptors (Lipinski definition) is 8. The zero-order chi connectivity index (χ0) is 30.8. The van der Waals surface area contributed by atoms with Crippen LogP contribution in [0.15, 0.2) is 59.0 Å². The van der Waals surface area contributed by atoms with E-state index in [9.17, 15) is 19.2 Å². The molecule has 43 heavy (non-hydrogen) atoms. The van der Waals surface area contributed by atoms with E-state index in [0.717, 1.165) is 22.3 Å². The number of esters is 2. The predicted octanol–water partition coefficient (Wildman–Crippen LogP) is 5.24. The number of furan rings is 1. The maximum Gasteiger partial charge on any atom is 0.410 e. The monoisotopic (exact) mass is 588 g/mol. The second-order valence-electron chi connectivity index (χ2n) is 10.7. The molecule has 10 heteroatoms. The molecule has 2 amide bonds.